The van der Waals surface area contributed by atoms with Gasteiger partial charge >= 0.3 is 0 Å². The lowest BCUT2D eigenvalue weighted by Crippen LogP contribution is -2.17. The summed E-state index contributed by atoms with van der Waals surface area (Å²) in [6.07, 6.45) is 2.90. The SMILES string of the molecule is Cc1cc(OCC2CCC(C)O2)cc(C)c1Br. The Morgan fingerprint density at radius 3 is 2.47 bits per heavy atom. The first kappa shape index (κ1) is 12.9. The molecule has 3 heteroatoms. The van der Waals surface area contributed by atoms with E-state index in [1.165, 1.54) is 11.1 Å². The van der Waals surface area contributed by atoms with Gasteiger partial charge in [-0.15, -0.1) is 0 Å². The molecule has 1 saturated heterocycles. The molecule has 1 aliphatic heterocycles. The Labute approximate surface area is 111 Å². The summed E-state index contributed by atoms with van der Waals surface area (Å²) in [7, 11) is 0. The van der Waals surface area contributed by atoms with E-state index in [9.17, 15) is 0 Å². The van der Waals surface area contributed by atoms with Crippen LogP contribution in [0, 0.1) is 13.8 Å². The van der Waals surface area contributed by atoms with Gasteiger partial charge in [-0.25, -0.2) is 0 Å². The van der Waals surface area contributed by atoms with Gasteiger partial charge in [-0.05, 0) is 56.9 Å². The van der Waals surface area contributed by atoms with E-state index in [1.807, 2.05) is 0 Å². The molecular weight excluding hydrogens is 280 g/mol. The quantitative estimate of drug-likeness (QED) is 0.839. The fourth-order valence-electron chi connectivity index (χ4n) is 2.19. The molecule has 1 fully saturated rings. The van der Waals surface area contributed by atoms with Crippen molar-refractivity contribution in [2.24, 2.45) is 0 Å². The van der Waals surface area contributed by atoms with Gasteiger partial charge in [-0.3, -0.25) is 0 Å². The summed E-state index contributed by atoms with van der Waals surface area (Å²) in [4.78, 5) is 0. The Hall–Kier alpha value is -0.540. The van der Waals surface area contributed by atoms with Gasteiger partial charge in [0.05, 0.1) is 12.2 Å². The van der Waals surface area contributed by atoms with Gasteiger partial charge in [0.1, 0.15) is 12.4 Å². The maximum Gasteiger partial charge on any atom is 0.120 e. The topological polar surface area (TPSA) is 18.5 Å². The Balaban J connectivity index is 1.95. The van der Waals surface area contributed by atoms with E-state index in [0.717, 1.165) is 23.1 Å². The van der Waals surface area contributed by atoms with Crippen LogP contribution in [0.15, 0.2) is 16.6 Å². The van der Waals surface area contributed by atoms with Crippen molar-refractivity contribution < 1.29 is 9.47 Å². The molecule has 1 aliphatic rings. The molecular formula is C14H19BrO2. The van der Waals surface area contributed by atoms with Crippen LogP contribution < -0.4 is 4.74 Å². The molecule has 0 bridgehead atoms. The second-order valence-corrected chi connectivity index (χ2v) is 5.62. The van der Waals surface area contributed by atoms with Gasteiger partial charge in [0.25, 0.3) is 0 Å². The normalized spacial score (nSPS) is 24.0. The van der Waals surface area contributed by atoms with E-state index < -0.39 is 0 Å². The zero-order valence-electron chi connectivity index (χ0n) is 10.6. The number of aryl methyl sites for hydroxylation is 2. The lowest BCUT2D eigenvalue weighted by Gasteiger charge is -2.14. The first-order valence-corrected chi connectivity index (χ1v) is 6.90. The number of halogens is 1. The van der Waals surface area contributed by atoms with Gasteiger partial charge in [-0.2, -0.15) is 0 Å². The maximum absolute atomic E-state index is 5.81. The average molecular weight is 299 g/mol. The summed E-state index contributed by atoms with van der Waals surface area (Å²) in [5.74, 6) is 0.936. The van der Waals surface area contributed by atoms with E-state index in [4.69, 9.17) is 9.47 Å². The minimum absolute atomic E-state index is 0.259. The van der Waals surface area contributed by atoms with Crippen LogP contribution in [0.4, 0.5) is 0 Å². The fraction of sp³-hybridized carbons (Fsp3) is 0.571. The van der Waals surface area contributed by atoms with E-state index >= 15 is 0 Å². The third kappa shape index (κ3) is 3.23. The van der Waals surface area contributed by atoms with Crippen molar-refractivity contribution in [2.75, 3.05) is 6.61 Å². The number of ether oxygens (including phenoxy) is 2. The molecule has 1 aromatic carbocycles. The minimum Gasteiger partial charge on any atom is -0.491 e. The van der Waals surface area contributed by atoms with Gasteiger partial charge in [-0.1, -0.05) is 15.9 Å². The molecule has 0 spiro atoms. The third-order valence-electron chi connectivity index (χ3n) is 3.17. The van der Waals surface area contributed by atoms with Crippen molar-refractivity contribution in [1.29, 1.82) is 0 Å². The highest BCUT2D eigenvalue weighted by atomic mass is 79.9. The van der Waals surface area contributed by atoms with E-state index in [-0.39, 0.29) is 6.10 Å². The second kappa shape index (κ2) is 5.40. The summed E-state index contributed by atoms with van der Waals surface area (Å²) >= 11 is 3.56. The Morgan fingerprint density at radius 2 is 1.94 bits per heavy atom. The minimum atomic E-state index is 0.259. The number of hydrogen-bond acceptors (Lipinski definition) is 2. The molecule has 0 aliphatic carbocycles. The van der Waals surface area contributed by atoms with Crippen LogP contribution in [0.5, 0.6) is 5.75 Å². The molecule has 2 rings (SSSR count). The number of hydrogen-bond donors (Lipinski definition) is 0. The Morgan fingerprint density at radius 1 is 1.29 bits per heavy atom. The van der Waals surface area contributed by atoms with Crippen molar-refractivity contribution in [1.82, 2.24) is 0 Å². The fourth-order valence-corrected chi connectivity index (χ4v) is 2.42. The highest BCUT2D eigenvalue weighted by Crippen LogP contribution is 2.27. The van der Waals surface area contributed by atoms with Crippen molar-refractivity contribution in [2.45, 2.75) is 45.8 Å². The molecule has 0 amide bonds. The van der Waals surface area contributed by atoms with Gasteiger partial charge < -0.3 is 9.47 Å². The number of rotatable bonds is 3. The van der Waals surface area contributed by atoms with Gasteiger partial charge in [0.2, 0.25) is 0 Å². The molecule has 2 atom stereocenters. The lowest BCUT2D eigenvalue weighted by atomic mass is 10.1. The monoisotopic (exact) mass is 298 g/mol. The smallest absolute Gasteiger partial charge is 0.120 e. The molecule has 0 radical (unpaired) electrons. The summed E-state index contributed by atoms with van der Waals surface area (Å²) in [6, 6.07) is 4.13. The van der Waals surface area contributed by atoms with Crippen LogP contribution >= 0.6 is 15.9 Å². The molecule has 2 nitrogen and oxygen atoms in total. The Kier molecular flexibility index (Phi) is 4.10. The zero-order valence-corrected chi connectivity index (χ0v) is 12.2. The van der Waals surface area contributed by atoms with Crippen LogP contribution in [-0.2, 0) is 4.74 Å². The highest BCUT2D eigenvalue weighted by Gasteiger charge is 2.22. The molecule has 1 heterocycles. The summed E-state index contributed by atoms with van der Waals surface area (Å²) in [6.45, 7) is 6.94. The van der Waals surface area contributed by atoms with Gasteiger partial charge in [0, 0.05) is 4.47 Å². The van der Waals surface area contributed by atoms with Crippen LogP contribution in [0.3, 0.4) is 0 Å². The second-order valence-electron chi connectivity index (χ2n) is 4.83. The molecule has 0 N–H and O–H groups in total. The largest absolute Gasteiger partial charge is 0.491 e. The lowest BCUT2D eigenvalue weighted by molar-refractivity contribution is 0.0264. The van der Waals surface area contributed by atoms with E-state index in [0.29, 0.717) is 12.7 Å². The van der Waals surface area contributed by atoms with Crippen molar-refractivity contribution in [3.63, 3.8) is 0 Å². The predicted molar refractivity (Wildman–Crippen MR) is 72.7 cm³/mol. The Bertz CT molecular complexity index is 380. The highest BCUT2D eigenvalue weighted by molar-refractivity contribution is 9.10. The molecule has 1 aromatic rings. The number of benzene rings is 1. The molecule has 0 saturated carbocycles. The third-order valence-corrected chi connectivity index (χ3v) is 4.42. The first-order chi connectivity index (χ1) is 8.06. The van der Waals surface area contributed by atoms with Crippen LogP contribution in [-0.4, -0.2) is 18.8 Å². The predicted octanol–water partition coefficient (Wildman–Crippen LogP) is 4.01. The van der Waals surface area contributed by atoms with Crippen molar-refractivity contribution >= 4 is 15.9 Å². The summed E-state index contributed by atoms with van der Waals surface area (Å²) < 4.78 is 12.7. The van der Waals surface area contributed by atoms with Crippen LogP contribution in [0.25, 0.3) is 0 Å². The summed E-state index contributed by atoms with van der Waals surface area (Å²) in [5.41, 5.74) is 2.42. The van der Waals surface area contributed by atoms with E-state index in [1.54, 1.807) is 0 Å². The van der Waals surface area contributed by atoms with E-state index in [2.05, 4.69) is 48.8 Å². The molecule has 17 heavy (non-hydrogen) atoms. The molecule has 94 valence electrons. The van der Waals surface area contributed by atoms with Crippen molar-refractivity contribution in [3.05, 3.63) is 27.7 Å². The van der Waals surface area contributed by atoms with Gasteiger partial charge in [0.15, 0.2) is 0 Å². The first-order valence-electron chi connectivity index (χ1n) is 6.11. The molecule has 2 unspecified atom stereocenters. The zero-order chi connectivity index (χ0) is 12.4. The maximum atomic E-state index is 5.81. The summed E-state index contributed by atoms with van der Waals surface area (Å²) in [5, 5.41) is 0. The average Bonchev–Trinajstić information content (AvgIpc) is 2.69. The van der Waals surface area contributed by atoms with Crippen molar-refractivity contribution in [3.8, 4) is 5.75 Å². The molecule has 0 aromatic heterocycles. The standard InChI is InChI=1S/C14H19BrO2/c1-9-6-13(7-10(2)14(9)15)16-8-12-5-4-11(3)17-12/h6-7,11-12H,4-5,8H2,1-3H3. The van der Waals surface area contributed by atoms with Crippen LogP contribution in [0.2, 0.25) is 0 Å². The van der Waals surface area contributed by atoms with Crippen LogP contribution in [0.1, 0.15) is 30.9 Å².